The normalized spacial score (nSPS) is 22.1. The van der Waals surface area contributed by atoms with Gasteiger partial charge in [0.25, 0.3) is 0 Å². The van der Waals surface area contributed by atoms with Gasteiger partial charge in [0.15, 0.2) is 0 Å². The molecule has 1 aromatic carbocycles. The van der Waals surface area contributed by atoms with Gasteiger partial charge in [0, 0.05) is 32.7 Å². The van der Waals surface area contributed by atoms with Crippen molar-refractivity contribution in [2.24, 2.45) is 11.7 Å². The second kappa shape index (κ2) is 11.1. The standard InChI is InChI=1S/C19H29N3O2.2ClH/c1-15-4-6-17(7-5-15)18(20)19(23)22-8-2-3-16(14-22)13-21-9-11-24-12-10-21;;/h4-7,16,18H,2-3,8-14,20H2,1H3;2*1H. The molecule has 2 saturated heterocycles. The third-order valence-corrected chi connectivity index (χ3v) is 5.15. The first-order chi connectivity index (χ1) is 11.6. The molecular formula is C19H31Cl2N3O2. The number of carbonyl (C=O) groups is 1. The zero-order chi connectivity index (χ0) is 16.9. The van der Waals surface area contributed by atoms with E-state index in [0.29, 0.717) is 5.92 Å². The Labute approximate surface area is 169 Å². The highest BCUT2D eigenvalue weighted by molar-refractivity contribution is 5.85. The van der Waals surface area contributed by atoms with Gasteiger partial charge in [-0.25, -0.2) is 0 Å². The number of hydrogen-bond acceptors (Lipinski definition) is 4. The Morgan fingerprint density at radius 2 is 1.85 bits per heavy atom. The molecule has 148 valence electrons. The van der Waals surface area contributed by atoms with Gasteiger partial charge in [-0.2, -0.15) is 0 Å². The fourth-order valence-corrected chi connectivity index (χ4v) is 3.68. The molecule has 2 N–H and O–H groups in total. The van der Waals surface area contributed by atoms with E-state index in [4.69, 9.17) is 10.5 Å². The highest BCUT2D eigenvalue weighted by Gasteiger charge is 2.29. The van der Waals surface area contributed by atoms with Crippen LogP contribution < -0.4 is 5.73 Å². The van der Waals surface area contributed by atoms with Crippen LogP contribution in [0.25, 0.3) is 0 Å². The van der Waals surface area contributed by atoms with Crippen molar-refractivity contribution >= 4 is 30.7 Å². The first-order valence-corrected chi connectivity index (χ1v) is 9.04. The van der Waals surface area contributed by atoms with Crippen molar-refractivity contribution in [2.75, 3.05) is 45.9 Å². The number of aryl methyl sites for hydroxylation is 1. The van der Waals surface area contributed by atoms with Gasteiger partial charge in [-0.1, -0.05) is 29.8 Å². The minimum absolute atomic E-state index is 0. The number of nitrogens with zero attached hydrogens (tertiary/aromatic N) is 2. The van der Waals surface area contributed by atoms with E-state index < -0.39 is 6.04 Å². The number of halogens is 2. The van der Waals surface area contributed by atoms with E-state index >= 15 is 0 Å². The summed E-state index contributed by atoms with van der Waals surface area (Å²) in [5.74, 6) is 0.608. The second-order valence-corrected chi connectivity index (χ2v) is 7.09. The number of nitrogens with two attached hydrogens (primary N) is 1. The summed E-state index contributed by atoms with van der Waals surface area (Å²) in [4.78, 5) is 17.2. The molecule has 2 heterocycles. The molecule has 0 radical (unpaired) electrons. The van der Waals surface area contributed by atoms with Crippen molar-refractivity contribution in [3.8, 4) is 0 Å². The van der Waals surface area contributed by atoms with Crippen molar-refractivity contribution < 1.29 is 9.53 Å². The second-order valence-electron chi connectivity index (χ2n) is 7.09. The number of morpholine rings is 1. The van der Waals surface area contributed by atoms with Gasteiger partial charge >= 0.3 is 0 Å². The van der Waals surface area contributed by atoms with Crippen molar-refractivity contribution in [2.45, 2.75) is 25.8 Å². The Balaban J connectivity index is 0.00000169. The van der Waals surface area contributed by atoms with E-state index in [0.717, 1.165) is 57.9 Å². The number of likely N-dealkylation sites (tertiary alicyclic amines) is 1. The number of rotatable bonds is 4. The predicted molar refractivity (Wildman–Crippen MR) is 109 cm³/mol. The van der Waals surface area contributed by atoms with Crippen LogP contribution in [0, 0.1) is 12.8 Å². The molecule has 7 heteroatoms. The van der Waals surface area contributed by atoms with Gasteiger partial charge in [-0.3, -0.25) is 9.69 Å². The summed E-state index contributed by atoms with van der Waals surface area (Å²) in [6.07, 6.45) is 2.27. The smallest absolute Gasteiger partial charge is 0.244 e. The lowest BCUT2D eigenvalue weighted by Gasteiger charge is -2.37. The summed E-state index contributed by atoms with van der Waals surface area (Å²) in [6, 6.07) is 7.41. The van der Waals surface area contributed by atoms with Gasteiger partial charge in [0.05, 0.1) is 13.2 Å². The van der Waals surface area contributed by atoms with Crippen molar-refractivity contribution in [1.29, 1.82) is 0 Å². The van der Waals surface area contributed by atoms with Crippen LogP contribution in [0.4, 0.5) is 0 Å². The number of carbonyl (C=O) groups excluding carboxylic acids is 1. The first kappa shape index (κ1) is 23.2. The quantitative estimate of drug-likeness (QED) is 0.838. The number of ether oxygens (including phenoxy) is 1. The Bertz CT molecular complexity index is 550. The lowest BCUT2D eigenvalue weighted by Crippen LogP contribution is -2.48. The maximum absolute atomic E-state index is 12.8. The van der Waals surface area contributed by atoms with Crippen LogP contribution in [-0.2, 0) is 9.53 Å². The molecule has 3 rings (SSSR count). The molecule has 1 aromatic rings. The van der Waals surface area contributed by atoms with Crippen molar-refractivity contribution in [3.05, 3.63) is 35.4 Å². The Hall–Kier alpha value is -0.850. The van der Waals surface area contributed by atoms with Crippen LogP contribution in [0.3, 0.4) is 0 Å². The van der Waals surface area contributed by atoms with Gasteiger partial charge < -0.3 is 15.4 Å². The Morgan fingerprint density at radius 3 is 2.50 bits per heavy atom. The summed E-state index contributed by atoms with van der Waals surface area (Å²) in [5, 5.41) is 0. The fraction of sp³-hybridized carbons (Fsp3) is 0.632. The van der Waals surface area contributed by atoms with Gasteiger partial charge in [0.1, 0.15) is 6.04 Å². The lowest BCUT2D eigenvalue weighted by molar-refractivity contribution is -0.134. The maximum atomic E-state index is 12.8. The van der Waals surface area contributed by atoms with Crippen LogP contribution in [-0.4, -0.2) is 61.6 Å². The third-order valence-electron chi connectivity index (χ3n) is 5.15. The van der Waals surface area contributed by atoms with E-state index in [1.165, 1.54) is 12.0 Å². The third kappa shape index (κ3) is 6.10. The molecule has 5 nitrogen and oxygen atoms in total. The fourth-order valence-electron chi connectivity index (χ4n) is 3.68. The average molecular weight is 404 g/mol. The number of benzene rings is 1. The minimum Gasteiger partial charge on any atom is -0.379 e. The van der Waals surface area contributed by atoms with Gasteiger partial charge in [-0.15, -0.1) is 24.8 Å². The Morgan fingerprint density at radius 1 is 1.19 bits per heavy atom. The van der Waals surface area contributed by atoms with Crippen LogP contribution >= 0.6 is 24.8 Å². The zero-order valence-corrected chi connectivity index (χ0v) is 17.1. The largest absolute Gasteiger partial charge is 0.379 e. The van der Waals surface area contributed by atoms with E-state index in [-0.39, 0.29) is 30.7 Å². The average Bonchev–Trinajstić information content (AvgIpc) is 2.62. The van der Waals surface area contributed by atoms with E-state index in [1.54, 1.807) is 0 Å². The molecule has 0 aliphatic carbocycles. The van der Waals surface area contributed by atoms with E-state index in [9.17, 15) is 4.79 Å². The van der Waals surface area contributed by atoms with E-state index in [1.807, 2.05) is 36.1 Å². The minimum atomic E-state index is -0.548. The number of piperidine rings is 1. The van der Waals surface area contributed by atoms with Crippen molar-refractivity contribution in [1.82, 2.24) is 9.80 Å². The van der Waals surface area contributed by atoms with Crippen LogP contribution in [0.1, 0.15) is 30.0 Å². The zero-order valence-electron chi connectivity index (χ0n) is 15.4. The SMILES string of the molecule is Cc1ccc(C(N)C(=O)N2CCCC(CN3CCOCC3)C2)cc1.Cl.Cl. The highest BCUT2D eigenvalue weighted by atomic mass is 35.5. The highest BCUT2D eigenvalue weighted by Crippen LogP contribution is 2.22. The molecular weight excluding hydrogens is 373 g/mol. The van der Waals surface area contributed by atoms with Crippen LogP contribution in [0.5, 0.6) is 0 Å². The van der Waals surface area contributed by atoms with E-state index in [2.05, 4.69) is 4.90 Å². The summed E-state index contributed by atoms with van der Waals surface area (Å²) in [7, 11) is 0. The summed E-state index contributed by atoms with van der Waals surface area (Å²) in [5.41, 5.74) is 8.32. The molecule has 0 saturated carbocycles. The molecule has 2 atom stereocenters. The topological polar surface area (TPSA) is 58.8 Å². The molecule has 2 aliphatic rings. The maximum Gasteiger partial charge on any atom is 0.244 e. The van der Waals surface area contributed by atoms with Crippen LogP contribution in [0.2, 0.25) is 0 Å². The molecule has 0 spiro atoms. The summed E-state index contributed by atoms with van der Waals surface area (Å²) >= 11 is 0. The molecule has 0 bridgehead atoms. The monoisotopic (exact) mass is 403 g/mol. The predicted octanol–water partition coefficient (Wildman–Crippen LogP) is 2.41. The number of amides is 1. The summed E-state index contributed by atoms with van der Waals surface area (Å²) in [6.45, 7) is 8.43. The Kier molecular flexibility index (Phi) is 9.90. The lowest BCUT2D eigenvalue weighted by atomic mass is 9.95. The molecule has 26 heavy (non-hydrogen) atoms. The van der Waals surface area contributed by atoms with Crippen LogP contribution in [0.15, 0.2) is 24.3 Å². The molecule has 0 aromatic heterocycles. The number of hydrogen-bond donors (Lipinski definition) is 1. The molecule has 2 fully saturated rings. The molecule has 2 unspecified atom stereocenters. The van der Waals surface area contributed by atoms with Gasteiger partial charge in [0.2, 0.25) is 5.91 Å². The van der Waals surface area contributed by atoms with Gasteiger partial charge in [-0.05, 0) is 31.2 Å². The molecule has 1 amide bonds. The summed E-state index contributed by atoms with van der Waals surface area (Å²) < 4.78 is 5.41. The molecule has 2 aliphatic heterocycles. The van der Waals surface area contributed by atoms with Crippen molar-refractivity contribution in [3.63, 3.8) is 0 Å². The first-order valence-electron chi connectivity index (χ1n) is 9.04.